The van der Waals surface area contributed by atoms with Crippen LogP contribution >= 0.6 is 0 Å². The van der Waals surface area contributed by atoms with Crippen molar-refractivity contribution in [3.05, 3.63) is 71.8 Å². The molecule has 2 aromatic carbocycles. The van der Waals surface area contributed by atoms with E-state index in [0.717, 1.165) is 30.4 Å². The molecule has 0 aromatic heterocycles. The van der Waals surface area contributed by atoms with Gasteiger partial charge >= 0.3 is 5.97 Å². The maximum absolute atomic E-state index is 13.0. The van der Waals surface area contributed by atoms with Crippen molar-refractivity contribution in [1.82, 2.24) is 5.32 Å². The van der Waals surface area contributed by atoms with Gasteiger partial charge in [-0.15, -0.1) is 0 Å². The molecule has 31 heavy (non-hydrogen) atoms. The molecule has 2 aromatic rings. The molecule has 0 radical (unpaired) electrons. The molecule has 6 heteroatoms. The van der Waals surface area contributed by atoms with Gasteiger partial charge in [0.2, 0.25) is 5.91 Å². The molecule has 0 bridgehead atoms. The van der Waals surface area contributed by atoms with E-state index in [1.54, 1.807) is 0 Å². The van der Waals surface area contributed by atoms with Gasteiger partial charge in [-0.3, -0.25) is 4.79 Å². The molecule has 1 saturated carbocycles. The fourth-order valence-corrected chi connectivity index (χ4v) is 3.86. The number of carbonyl (C=O) groups is 2. The van der Waals surface area contributed by atoms with Crippen molar-refractivity contribution in [1.29, 1.82) is 0 Å². The van der Waals surface area contributed by atoms with Crippen molar-refractivity contribution in [2.45, 2.75) is 51.4 Å². The normalized spacial score (nSPS) is 16.3. The van der Waals surface area contributed by atoms with Crippen LogP contribution in [0.3, 0.4) is 0 Å². The van der Waals surface area contributed by atoms with Crippen molar-refractivity contribution >= 4 is 11.9 Å². The molecule has 3 rings (SSSR count). The number of ether oxygens (including phenoxy) is 2. The molecule has 1 aliphatic rings. The summed E-state index contributed by atoms with van der Waals surface area (Å²) in [5.74, 6) is -0.853. The molecule has 0 aliphatic heterocycles. The Balaban J connectivity index is 1.63. The summed E-state index contributed by atoms with van der Waals surface area (Å²) in [5, 5.41) is 12.7. The summed E-state index contributed by atoms with van der Waals surface area (Å²) < 4.78 is 11.2. The lowest BCUT2D eigenvalue weighted by Crippen LogP contribution is -2.52. The van der Waals surface area contributed by atoms with E-state index < -0.39 is 17.4 Å². The number of hydrogen-bond donors (Lipinski definition) is 2. The summed E-state index contributed by atoms with van der Waals surface area (Å²) in [6, 6.07) is 18.1. The number of nitrogens with one attached hydrogen (secondary N) is 1. The molecule has 1 atom stereocenters. The van der Waals surface area contributed by atoms with E-state index in [2.05, 4.69) is 5.32 Å². The van der Waals surface area contributed by atoms with E-state index in [-0.39, 0.29) is 25.7 Å². The Labute approximate surface area is 183 Å². The second-order valence-corrected chi connectivity index (χ2v) is 8.12. The summed E-state index contributed by atoms with van der Waals surface area (Å²) in [6.45, 7) is 0.214. The van der Waals surface area contributed by atoms with Crippen molar-refractivity contribution in [2.75, 3.05) is 13.2 Å². The number of rotatable bonds is 10. The standard InChI is InChI=1S/C25H31NO5/c27-19-25(14-8-3-9-15-25)24(29)26-22(18-30-16-20-10-4-1-5-11-20)23(28)31-17-21-12-6-2-7-13-21/h1-2,4-7,10-13,22,27H,3,8-9,14-19H2,(H,26,29). The molecular formula is C25H31NO5. The molecule has 1 amide bonds. The average molecular weight is 426 g/mol. The maximum Gasteiger partial charge on any atom is 0.331 e. The van der Waals surface area contributed by atoms with Gasteiger partial charge in [0.05, 0.1) is 25.2 Å². The minimum Gasteiger partial charge on any atom is -0.459 e. The molecule has 1 unspecified atom stereocenters. The highest BCUT2D eigenvalue weighted by Crippen LogP contribution is 2.36. The molecule has 166 valence electrons. The van der Waals surface area contributed by atoms with Gasteiger partial charge in [-0.1, -0.05) is 79.9 Å². The Morgan fingerprint density at radius 3 is 2.06 bits per heavy atom. The van der Waals surface area contributed by atoms with Gasteiger partial charge in [0, 0.05) is 0 Å². The van der Waals surface area contributed by atoms with Crippen LogP contribution in [0.1, 0.15) is 43.2 Å². The Hall–Kier alpha value is -2.70. The van der Waals surface area contributed by atoms with Gasteiger partial charge in [0.15, 0.2) is 6.04 Å². The van der Waals surface area contributed by atoms with Crippen molar-refractivity contribution in [3.63, 3.8) is 0 Å². The highest BCUT2D eigenvalue weighted by atomic mass is 16.5. The molecule has 6 nitrogen and oxygen atoms in total. The molecule has 2 N–H and O–H groups in total. The van der Waals surface area contributed by atoms with Gasteiger partial charge in [0.25, 0.3) is 0 Å². The van der Waals surface area contributed by atoms with Crippen LogP contribution in [0, 0.1) is 5.41 Å². The zero-order valence-electron chi connectivity index (χ0n) is 17.8. The number of benzene rings is 2. The Morgan fingerprint density at radius 2 is 1.48 bits per heavy atom. The molecule has 0 spiro atoms. The first-order valence-corrected chi connectivity index (χ1v) is 10.9. The Kier molecular flexibility index (Phi) is 8.62. The van der Waals surface area contributed by atoms with E-state index in [1.807, 2.05) is 60.7 Å². The summed E-state index contributed by atoms with van der Waals surface area (Å²) in [5.41, 5.74) is 1.00. The lowest BCUT2D eigenvalue weighted by Gasteiger charge is -2.35. The van der Waals surface area contributed by atoms with Crippen LogP contribution in [0.15, 0.2) is 60.7 Å². The quantitative estimate of drug-likeness (QED) is 0.570. The van der Waals surface area contributed by atoms with Crippen LogP contribution < -0.4 is 5.32 Å². The van der Waals surface area contributed by atoms with Crippen molar-refractivity contribution < 1.29 is 24.2 Å². The largest absolute Gasteiger partial charge is 0.459 e. The molecular weight excluding hydrogens is 394 g/mol. The average Bonchev–Trinajstić information content (AvgIpc) is 2.83. The number of amides is 1. The fourth-order valence-electron chi connectivity index (χ4n) is 3.86. The Bertz CT molecular complexity index is 818. The minimum atomic E-state index is -0.940. The van der Waals surface area contributed by atoms with Gasteiger partial charge in [-0.2, -0.15) is 0 Å². The minimum absolute atomic E-state index is 0.00420. The lowest BCUT2D eigenvalue weighted by atomic mass is 9.74. The van der Waals surface area contributed by atoms with Gasteiger partial charge in [-0.05, 0) is 24.0 Å². The molecule has 0 heterocycles. The number of aliphatic hydroxyl groups excluding tert-OH is 1. The van der Waals surface area contributed by atoms with Crippen LogP contribution in [-0.2, 0) is 32.3 Å². The van der Waals surface area contributed by atoms with Crippen LogP contribution in [0.2, 0.25) is 0 Å². The maximum atomic E-state index is 13.0. The highest BCUT2D eigenvalue weighted by Gasteiger charge is 2.40. The third-order valence-corrected chi connectivity index (χ3v) is 5.80. The summed E-state index contributed by atoms with van der Waals surface area (Å²) >= 11 is 0. The fraction of sp³-hybridized carbons (Fsp3) is 0.440. The van der Waals surface area contributed by atoms with Crippen LogP contribution in [0.5, 0.6) is 0 Å². The number of aliphatic hydroxyl groups is 1. The molecule has 0 saturated heterocycles. The molecule has 1 aliphatic carbocycles. The third kappa shape index (κ3) is 6.64. The van der Waals surface area contributed by atoms with E-state index >= 15 is 0 Å². The van der Waals surface area contributed by atoms with E-state index in [1.165, 1.54) is 0 Å². The topological polar surface area (TPSA) is 84.9 Å². The Morgan fingerprint density at radius 1 is 0.903 bits per heavy atom. The summed E-state index contributed by atoms with van der Waals surface area (Å²) in [6.07, 6.45) is 4.07. The first-order chi connectivity index (χ1) is 15.1. The SMILES string of the molecule is O=C(OCc1ccccc1)C(COCc1ccccc1)NC(=O)C1(CO)CCCCC1. The highest BCUT2D eigenvalue weighted by molar-refractivity contribution is 5.88. The van der Waals surface area contributed by atoms with Gasteiger partial charge < -0.3 is 19.9 Å². The van der Waals surface area contributed by atoms with E-state index in [9.17, 15) is 14.7 Å². The van der Waals surface area contributed by atoms with Gasteiger partial charge in [0.1, 0.15) is 6.61 Å². The number of carbonyl (C=O) groups excluding carboxylic acids is 2. The van der Waals surface area contributed by atoms with Crippen molar-refractivity contribution in [3.8, 4) is 0 Å². The van der Waals surface area contributed by atoms with Crippen LogP contribution in [-0.4, -0.2) is 36.2 Å². The van der Waals surface area contributed by atoms with Crippen LogP contribution in [0.4, 0.5) is 0 Å². The lowest BCUT2D eigenvalue weighted by molar-refractivity contribution is -0.153. The predicted octanol–water partition coefficient (Wildman–Crippen LogP) is 3.37. The smallest absolute Gasteiger partial charge is 0.331 e. The first kappa shape index (κ1) is 23.0. The van der Waals surface area contributed by atoms with E-state index in [4.69, 9.17) is 9.47 Å². The predicted molar refractivity (Wildman–Crippen MR) is 117 cm³/mol. The second-order valence-electron chi connectivity index (χ2n) is 8.12. The zero-order valence-corrected chi connectivity index (χ0v) is 17.8. The van der Waals surface area contributed by atoms with Crippen molar-refractivity contribution in [2.24, 2.45) is 5.41 Å². The molecule has 1 fully saturated rings. The number of esters is 1. The van der Waals surface area contributed by atoms with E-state index in [0.29, 0.717) is 19.4 Å². The second kappa shape index (κ2) is 11.6. The zero-order chi connectivity index (χ0) is 21.9. The number of hydrogen-bond acceptors (Lipinski definition) is 5. The first-order valence-electron chi connectivity index (χ1n) is 10.9. The van der Waals surface area contributed by atoms with Crippen LogP contribution in [0.25, 0.3) is 0 Å². The van der Waals surface area contributed by atoms with Gasteiger partial charge in [-0.25, -0.2) is 4.79 Å². The third-order valence-electron chi connectivity index (χ3n) is 5.80. The summed E-state index contributed by atoms with van der Waals surface area (Å²) in [7, 11) is 0. The summed E-state index contributed by atoms with van der Waals surface area (Å²) in [4.78, 5) is 25.8. The monoisotopic (exact) mass is 425 g/mol.